The van der Waals surface area contributed by atoms with Crippen LogP contribution in [0.5, 0.6) is 0 Å². The van der Waals surface area contributed by atoms with Crippen LogP contribution in [0.4, 0.5) is 4.79 Å². The molecule has 2 aliphatic rings. The number of piperidine rings is 1. The van der Waals surface area contributed by atoms with Crippen LogP contribution in [0.3, 0.4) is 0 Å². The van der Waals surface area contributed by atoms with Gasteiger partial charge >= 0.3 is 6.09 Å². The molecule has 2 fully saturated rings. The van der Waals surface area contributed by atoms with Gasteiger partial charge in [0.1, 0.15) is 5.60 Å². The maximum Gasteiger partial charge on any atom is 0.410 e. The number of hydrogen-bond donors (Lipinski definition) is 1. The van der Waals surface area contributed by atoms with Gasteiger partial charge in [-0.2, -0.15) is 0 Å². The number of ether oxygens (including phenoxy) is 1. The van der Waals surface area contributed by atoms with Crippen LogP contribution in [0.25, 0.3) is 0 Å². The second-order valence-electron chi connectivity index (χ2n) is 7.26. The van der Waals surface area contributed by atoms with Crippen LogP contribution in [0.15, 0.2) is 0 Å². The van der Waals surface area contributed by atoms with Gasteiger partial charge in [0.25, 0.3) is 0 Å². The van der Waals surface area contributed by atoms with E-state index in [0.717, 1.165) is 25.7 Å². The van der Waals surface area contributed by atoms with E-state index in [4.69, 9.17) is 4.74 Å². The lowest BCUT2D eigenvalue weighted by Crippen LogP contribution is -2.48. The van der Waals surface area contributed by atoms with Crippen molar-refractivity contribution in [3.8, 4) is 0 Å². The number of likely N-dealkylation sites (tertiary alicyclic amines) is 1. The molecule has 21 heavy (non-hydrogen) atoms. The SMILES string of the molecule is CC(C)(C)OC(=O)N1CCCC(C(=O)NC2CCCC2)C1. The number of carbonyl (C=O) groups is 2. The lowest BCUT2D eigenvalue weighted by molar-refractivity contribution is -0.127. The predicted molar refractivity (Wildman–Crippen MR) is 80.9 cm³/mol. The molecular weight excluding hydrogens is 268 g/mol. The third kappa shape index (κ3) is 4.90. The summed E-state index contributed by atoms with van der Waals surface area (Å²) >= 11 is 0. The molecule has 1 atom stereocenters. The zero-order valence-electron chi connectivity index (χ0n) is 13.5. The molecule has 0 bridgehead atoms. The van der Waals surface area contributed by atoms with Crippen LogP contribution in [-0.2, 0) is 9.53 Å². The molecule has 0 aromatic rings. The van der Waals surface area contributed by atoms with E-state index in [2.05, 4.69) is 5.32 Å². The number of amides is 2. The van der Waals surface area contributed by atoms with E-state index in [1.165, 1.54) is 12.8 Å². The average molecular weight is 296 g/mol. The van der Waals surface area contributed by atoms with Crippen molar-refractivity contribution < 1.29 is 14.3 Å². The molecular formula is C16H28N2O3. The Morgan fingerprint density at radius 2 is 1.76 bits per heavy atom. The Morgan fingerprint density at radius 1 is 1.10 bits per heavy atom. The number of carbonyl (C=O) groups excluding carboxylic acids is 2. The molecule has 2 amide bonds. The molecule has 2 rings (SSSR count). The number of nitrogens with one attached hydrogen (secondary N) is 1. The highest BCUT2D eigenvalue weighted by molar-refractivity contribution is 5.80. The highest BCUT2D eigenvalue weighted by Gasteiger charge is 2.32. The molecule has 0 spiro atoms. The molecule has 120 valence electrons. The first kappa shape index (κ1) is 16.1. The molecule has 0 aromatic carbocycles. The van der Waals surface area contributed by atoms with Gasteiger partial charge in [0.2, 0.25) is 5.91 Å². The van der Waals surface area contributed by atoms with E-state index in [9.17, 15) is 9.59 Å². The fourth-order valence-corrected chi connectivity index (χ4v) is 3.07. The highest BCUT2D eigenvalue weighted by Crippen LogP contribution is 2.22. The summed E-state index contributed by atoms with van der Waals surface area (Å²) in [6, 6.07) is 0.342. The van der Waals surface area contributed by atoms with Crippen LogP contribution in [0.2, 0.25) is 0 Å². The second kappa shape index (κ2) is 6.67. The van der Waals surface area contributed by atoms with Crippen molar-refractivity contribution in [2.75, 3.05) is 13.1 Å². The van der Waals surface area contributed by atoms with Crippen molar-refractivity contribution in [1.29, 1.82) is 0 Å². The fourth-order valence-electron chi connectivity index (χ4n) is 3.07. The summed E-state index contributed by atoms with van der Waals surface area (Å²) in [6.45, 7) is 6.74. The first-order chi connectivity index (χ1) is 9.85. The summed E-state index contributed by atoms with van der Waals surface area (Å²) in [5.74, 6) is 0.0158. The van der Waals surface area contributed by atoms with Gasteiger partial charge in [-0.05, 0) is 46.5 Å². The first-order valence-corrected chi connectivity index (χ1v) is 8.13. The fraction of sp³-hybridized carbons (Fsp3) is 0.875. The molecule has 1 N–H and O–H groups in total. The lowest BCUT2D eigenvalue weighted by Gasteiger charge is -2.33. The minimum atomic E-state index is -0.490. The van der Waals surface area contributed by atoms with Gasteiger partial charge in [-0.1, -0.05) is 12.8 Å². The number of rotatable bonds is 2. The normalized spacial score (nSPS) is 24.0. The van der Waals surface area contributed by atoms with Gasteiger partial charge < -0.3 is 15.0 Å². The third-order valence-corrected chi connectivity index (χ3v) is 4.15. The third-order valence-electron chi connectivity index (χ3n) is 4.15. The van der Waals surface area contributed by atoms with Crippen LogP contribution in [-0.4, -0.2) is 41.6 Å². The summed E-state index contributed by atoms with van der Waals surface area (Å²) in [6.07, 6.45) is 6.02. The summed E-state index contributed by atoms with van der Waals surface area (Å²) < 4.78 is 5.39. The zero-order chi connectivity index (χ0) is 15.5. The topological polar surface area (TPSA) is 58.6 Å². The standard InChI is InChI=1S/C16H28N2O3/c1-16(2,3)21-15(20)18-10-6-7-12(11-18)14(19)17-13-8-4-5-9-13/h12-13H,4-11H2,1-3H3,(H,17,19). The predicted octanol–water partition coefficient (Wildman–Crippen LogP) is 2.69. The zero-order valence-corrected chi connectivity index (χ0v) is 13.5. The molecule has 0 aromatic heterocycles. The average Bonchev–Trinajstić information content (AvgIpc) is 2.90. The minimum Gasteiger partial charge on any atom is -0.444 e. The quantitative estimate of drug-likeness (QED) is 0.852. The Balaban J connectivity index is 1.84. The van der Waals surface area contributed by atoms with Crippen molar-refractivity contribution in [2.24, 2.45) is 5.92 Å². The van der Waals surface area contributed by atoms with Gasteiger partial charge in [0, 0.05) is 19.1 Å². The van der Waals surface area contributed by atoms with Gasteiger partial charge in [0.15, 0.2) is 0 Å². The largest absolute Gasteiger partial charge is 0.444 e. The Kier molecular flexibility index (Phi) is 5.12. The van der Waals surface area contributed by atoms with Crippen molar-refractivity contribution >= 4 is 12.0 Å². The van der Waals surface area contributed by atoms with E-state index in [-0.39, 0.29) is 17.9 Å². The van der Waals surface area contributed by atoms with Crippen molar-refractivity contribution in [2.45, 2.75) is 70.9 Å². The van der Waals surface area contributed by atoms with E-state index in [1.807, 2.05) is 20.8 Å². The van der Waals surface area contributed by atoms with Gasteiger partial charge in [-0.15, -0.1) is 0 Å². The molecule has 1 unspecified atom stereocenters. The molecule has 1 aliphatic heterocycles. The molecule has 5 heteroatoms. The maximum absolute atomic E-state index is 12.3. The monoisotopic (exact) mass is 296 g/mol. The van der Waals surface area contributed by atoms with E-state index < -0.39 is 5.60 Å². The van der Waals surface area contributed by atoms with Gasteiger partial charge in [-0.25, -0.2) is 4.79 Å². The molecule has 1 heterocycles. The maximum atomic E-state index is 12.3. The summed E-state index contributed by atoms with van der Waals surface area (Å²) in [5.41, 5.74) is -0.490. The van der Waals surface area contributed by atoms with Crippen molar-refractivity contribution in [3.05, 3.63) is 0 Å². The molecule has 5 nitrogen and oxygen atoms in total. The van der Waals surface area contributed by atoms with E-state index >= 15 is 0 Å². The Labute approximate surface area is 127 Å². The minimum absolute atomic E-state index is 0.0909. The number of hydrogen-bond acceptors (Lipinski definition) is 3. The summed E-state index contributed by atoms with van der Waals surface area (Å²) in [7, 11) is 0. The molecule has 1 aliphatic carbocycles. The van der Waals surface area contributed by atoms with Crippen LogP contribution in [0.1, 0.15) is 59.3 Å². The van der Waals surface area contributed by atoms with Crippen LogP contribution in [0, 0.1) is 5.92 Å². The van der Waals surface area contributed by atoms with Gasteiger partial charge in [0.05, 0.1) is 5.92 Å². The summed E-state index contributed by atoms with van der Waals surface area (Å²) in [4.78, 5) is 26.1. The molecule has 1 saturated heterocycles. The number of nitrogens with zero attached hydrogens (tertiary/aromatic N) is 1. The Bertz CT molecular complexity index is 383. The smallest absolute Gasteiger partial charge is 0.410 e. The summed E-state index contributed by atoms with van der Waals surface area (Å²) in [5, 5.41) is 3.14. The lowest BCUT2D eigenvalue weighted by atomic mass is 9.97. The van der Waals surface area contributed by atoms with Crippen LogP contribution < -0.4 is 5.32 Å². The molecule has 1 saturated carbocycles. The Hall–Kier alpha value is -1.26. The highest BCUT2D eigenvalue weighted by atomic mass is 16.6. The van der Waals surface area contributed by atoms with E-state index in [1.54, 1.807) is 4.90 Å². The van der Waals surface area contributed by atoms with Gasteiger partial charge in [-0.3, -0.25) is 4.79 Å². The Morgan fingerprint density at radius 3 is 2.38 bits per heavy atom. The van der Waals surface area contributed by atoms with Crippen molar-refractivity contribution in [1.82, 2.24) is 10.2 Å². The molecule has 0 radical (unpaired) electrons. The second-order valence-corrected chi connectivity index (χ2v) is 7.26. The van der Waals surface area contributed by atoms with Crippen molar-refractivity contribution in [3.63, 3.8) is 0 Å². The van der Waals surface area contributed by atoms with E-state index in [0.29, 0.717) is 19.1 Å². The first-order valence-electron chi connectivity index (χ1n) is 8.13. The van der Waals surface area contributed by atoms with Crippen LogP contribution >= 0.6 is 0 Å².